The van der Waals surface area contributed by atoms with Gasteiger partial charge in [0.15, 0.2) is 0 Å². The number of hydrogen-bond acceptors (Lipinski definition) is 2. The fourth-order valence-electron chi connectivity index (χ4n) is 2.57. The summed E-state index contributed by atoms with van der Waals surface area (Å²) in [6, 6.07) is 11.9. The first-order chi connectivity index (χ1) is 9.88. The normalized spacial score (nSPS) is 10.3. The Morgan fingerprint density at radius 3 is 1.95 bits per heavy atom. The van der Waals surface area contributed by atoms with Crippen molar-refractivity contribution in [2.24, 2.45) is 0 Å². The third-order valence-electron chi connectivity index (χ3n) is 3.55. The van der Waals surface area contributed by atoms with Crippen molar-refractivity contribution in [1.29, 1.82) is 0 Å². The smallest absolute Gasteiger partial charge is 0.256 e. The zero-order valence-corrected chi connectivity index (χ0v) is 13.3. The van der Waals surface area contributed by atoms with E-state index in [4.69, 9.17) is 0 Å². The molecule has 110 valence electrons. The first kappa shape index (κ1) is 15.1. The summed E-state index contributed by atoms with van der Waals surface area (Å²) in [5.41, 5.74) is 5.87. The van der Waals surface area contributed by atoms with Gasteiger partial charge in [-0.15, -0.1) is 0 Å². The van der Waals surface area contributed by atoms with Crippen LogP contribution in [0.3, 0.4) is 0 Å². The zero-order chi connectivity index (χ0) is 15.6. The van der Waals surface area contributed by atoms with Crippen LogP contribution in [0.25, 0.3) is 0 Å². The van der Waals surface area contributed by atoms with Crippen LogP contribution in [0.4, 0.5) is 11.4 Å². The largest absolute Gasteiger partial charge is 0.378 e. The molecule has 0 saturated heterocycles. The molecule has 1 N–H and O–H groups in total. The summed E-state index contributed by atoms with van der Waals surface area (Å²) < 4.78 is 0. The Morgan fingerprint density at radius 2 is 1.48 bits per heavy atom. The number of anilines is 2. The van der Waals surface area contributed by atoms with E-state index < -0.39 is 0 Å². The van der Waals surface area contributed by atoms with Crippen LogP contribution in [0, 0.1) is 20.8 Å². The van der Waals surface area contributed by atoms with Crippen LogP contribution in [-0.2, 0) is 0 Å². The van der Waals surface area contributed by atoms with E-state index in [9.17, 15) is 4.79 Å². The molecule has 1 amide bonds. The van der Waals surface area contributed by atoms with Gasteiger partial charge in [-0.25, -0.2) is 0 Å². The fraction of sp³-hybridized carbons (Fsp3) is 0.278. The molecule has 0 bridgehead atoms. The molecule has 0 aromatic heterocycles. The van der Waals surface area contributed by atoms with Crippen LogP contribution < -0.4 is 10.2 Å². The summed E-state index contributed by atoms with van der Waals surface area (Å²) in [6.45, 7) is 6.00. The summed E-state index contributed by atoms with van der Waals surface area (Å²) in [5.74, 6) is -0.0531. The maximum atomic E-state index is 12.5. The molecule has 0 heterocycles. The van der Waals surface area contributed by atoms with Crippen molar-refractivity contribution in [3.63, 3.8) is 0 Å². The number of benzene rings is 2. The molecule has 0 aliphatic rings. The lowest BCUT2D eigenvalue weighted by atomic mass is 9.99. The van der Waals surface area contributed by atoms with Gasteiger partial charge in [-0.2, -0.15) is 0 Å². The van der Waals surface area contributed by atoms with E-state index in [0.29, 0.717) is 0 Å². The van der Waals surface area contributed by atoms with Crippen LogP contribution in [-0.4, -0.2) is 20.0 Å². The predicted octanol–water partition coefficient (Wildman–Crippen LogP) is 3.93. The Bertz CT molecular complexity index is 634. The molecule has 0 aliphatic heterocycles. The Hall–Kier alpha value is -2.29. The molecule has 3 nitrogen and oxygen atoms in total. The molecule has 2 rings (SSSR count). The molecule has 2 aromatic rings. The molecular formula is C18H22N2O. The molecule has 0 fully saturated rings. The van der Waals surface area contributed by atoms with Crippen molar-refractivity contribution in [1.82, 2.24) is 0 Å². The van der Waals surface area contributed by atoms with E-state index in [1.54, 1.807) is 0 Å². The number of amides is 1. The number of rotatable bonds is 3. The van der Waals surface area contributed by atoms with Gasteiger partial charge in [0.25, 0.3) is 5.91 Å². The van der Waals surface area contributed by atoms with Gasteiger partial charge in [-0.3, -0.25) is 4.79 Å². The van der Waals surface area contributed by atoms with Crippen molar-refractivity contribution >= 4 is 17.3 Å². The number of nitrogens with one attached hydrogen (secondary N) is 1. The van der Waals surface area contributed by atoms with E-state index in [1.165, 1.54) is 5.56 Å². The monoisotopic (exact) mass is 282 g/mol. The lowest BCUT2D eigenvalue weighted by Crippen LogP contribution is -2.15. The number of hydrogen-bond donors (Lipinski definition) is 1. The average molecular weight is 282 g/mol. The summed E-state index contributed by atoms with van der Waals surface area (Å²) in [7, 11) is 3.99. The third kappa shape index (κ3) is 3.43. The molecule has 2 aromatic carbocycles. The maximum Gasteiger partial charge on any atom is 0.256 e. The van der Waals surface area contributed by atoms with E-state index in [-0.39, 0.29) is 5.91 Å². The molecule has 0 saturated carbocycles. The summed E-state index contributed by atoms with van der Waals surface area (Å²) >= 11 is 0. The van der Waals surface area contributed by atoms with Gasteiger partial charge in [0.1, 0.15) is 0 Å². The molecule has 0 atom stereocenters. The first-order valence-electron chi connectivity index (χ1n) is 7.05. The average Bonchev–Trinajstić information content (AvgIpc) is 2.37. The Kier molecular flexibility index (Phi) is 4.32. The molecule has 0 radical (unpaired) electrons. The zero-order valence-electron chi connectivity index (χ0n) is 13.3. The van der Waals surface area contributed by atoms with Gasteiger partial charge in [-0.1, -0.05) is 17.7 Å². The molecule has 0 spiro atoms. The Labute approximate surface area is 126 Å². The second kappa shape index (κ2) is 6.00. The van der Waals surface area contributed by atoms with Crippen molar-refractivity contribution < 1.29 is 4.79 Å². The van der Waals surface area contributed by atoms with Gasteiger partial charge >= 0.3 is 0 Å². The lowest BCUT2D eigenvalue weighted by molar-refractivity contribution is 0.102. The van der Waals surface area contributed by atoms with Crippen LogP contribution in [0.1, 0.15) is 27.0 Å². The van der Waals surface area contributed by atoms with Crippen molar-refractivity contribution in [3.05, 3.63) is 58.7 Å². The predicted molar refractivity (Wildman–Crippen MR) is 89.4 cm³/mol. The number of nitrogens with zero attached hydrogens (tertiary/aromatic N) is 1. The topological polar surface area (TPSA) is 32.3 Å². The van der Waals surface area contributed by atoms with Gasteiger partial charge in [-0.05, 0) is 56.2 Å². The van der Waals surface area contributed by atoms with Crippen LogP contribution in [0.5, 0.6) is 0 Å². The Balaban J connectivity index is 2.22. The van der Waals surface area contributed by atoms with E-state index in [0.717, 1.165) is 28.1 Å². The molecule has 0 aliphatic carbocycles. The second-order valence-corrected chi connectivity index (χ2v) is 5.67. The summed E-state index contributed by atoms with van der Waals surface area (Å²) in [5, 5.41) is 2.97. The number of aryl methyl sites for hydroxylation is 3. The van der Waals surface area contributed by atoms with Crippen molar-refractivity contribution in [2.75, 3.05) is 24.3 Å². The number of carbonyl (C=O) groups excluding carboxylic acids is 1. The Morgan fingerprint density at radius 1 is 0.952 bits per heavy atom. The molecule has 0 unspecified atom stereocenters. The van der Waals surface area contributed by atoms with Gasteiger partial charge < -0.3 is 10.2 Å². The van der Waals surface area contributed by atoms with Crippen molar-refractivity contribution in [3.8, 4) is 0 Å². The highest BCUT2D eigenvalue weighted by atomic mass is 16.1. The van der Waals surface area contributed by atoms with Crippen LogP contribution in [0.2, 0.25) is 0 Å². The molecule has 21 heavy (non-hydrogen) atoms. The molecule has 3 heteroatoms. The van der Waals surface area contributed by atoms with Gasteiger partial charge in [0.05, 0.1) is 0 Å². The van der Waals surface area contributed by atoms with Gasteiger partial charge in [0, 0.05) is 31.0 Å². The minimum Gasteiger partial charge on any atom is -0.378 e. The summed E-state index contributed by atoms with van der Waals surface area (Å²) in [6.07, 6.45) is 0. The van der Waals surface area contributed by atoms with Crippen LogP contribution >= 0.6 is 0 Å². The quantitative estimate of drug-likeness (QED) is 0.925. The minimum atomic E-state index is -0.0531. The highest BCUT2D eigenvalue weighted by Gasteiger charge is 2.13. The maximum absolute atomic E-state index is 12.5. The SMILES string of the molecule is Cc1cc(C)c(C(=O)Nc2ccc(N(C)C)cc2)c(C)c1. The van der Waals surface area contributed by atoms with E-state index in [2.05, 4.69) is 5.32 Å². The molecular weight excluding hydrogens is 260 g/mol. The first-order valence-corrected chi connectivity index (χ1v) is 7.05. The second-order valence-electron chi connectivity index (χ2n) is 5.67. The van der Waals surface area contributed by atoms with E-state index in [1.807, 2.05) is 76.2 Å². The van der Waals surface area contributed by atoms with Gasteiger partial charge in [0.2, 0.25) is 0 Å². The van der Waals surface area contributed by atoms with Crippen LogP contribution in [0.15, 0.2) is 36.4 Å². The highest BCUT2D eigenvalue weighted by Crippen LogP contribution is 2.20. The fourth-order valence-corrected chi connectivity index (χ4v) is 2.57. The van der Waals surface area contributed by atoms with Crippen molar-refractivity contribution in [2.45, 2.75) is 20.8 Å². The highest BCUT2D eigenvalue weighted by molar-refractivity contribution is 6.06. The number of carbonyl (C=O) groups is 1. The third-order valence-corrected chi connectivity index (χ3v) is 3.55. The standard InChI is InChI=1S/C18H22N2O/c1-12-10-13(2)17(14(3)11-12)18(21)19-15-6-8-16(9-7-15)20(4)5/h6-11H,1-5H3,(H,19,21). The lowest BCUT2D eigenvalue weighted by Gasteiger charge is -2.14. The van der Waals surface area contributed by atoms with E-state index >= 15 is 0 Å². The summed E-state index contributed by atoms with van der Waals surface area (Å²) in [4.78, 5) is 14.5. The minimum absolute atomic E-state index is 0.0531.